The van der Waals surface area contributed by atoms with Gasteiger partial charge in [0.15, 0.2) is 23.3 Å². The molecule has 1 amide bonds. The summed E-state index contributed by atoms with van der Waals surface area (Å²) in [5.74, 6) is -2.27. The zero-order chi connectivity index (χ0) is 21.8. The standard InChI is InChI=1S/C21H26F2N4O3S/c22-16-2-1-15(17-13-31-21(25-17)27-7-9-29-10-8-27)20(19(16)23)30-12-18(28)26-5-3-14(11-24)4-6-26/h1-2,13-14H,3-12,24H2. The summed E-state index contributed by atoms with van der Waals surface area (Å²) >= 11 is 1.42. The zero-order valence-corrected chi connectivity index (χ0v) is 18.0. The van der Waals surface area contributed by atoms with Gasteiger partial charge in [0.1, 0.15) is 0 Å². The van der Waals surface area contributed by atoms with E-state index in [1.54, 1.807) is 10.3 Å². The predicted octanol–water partition coefficient (Wildman–Crippen LogP) is 2.50. The molecule has 0 unspecified atom stereocenters. The number of nitrogens with two attached hydrogens (primary N) is 1. The molecule has 2 saturated heterocycles. The number of halogens is 2. The van der Waals surface area contributed by atoms with Crippen LogP contribution in [0.3, 0.4) is 0 Å². The van der Waals surface area contributed by atoms with Crippen molar-refractivity contribution in [3.8, 4) is 17.0 Å². The molecule has 10 heteroatoms. The predicted molar refractivity (Wildman–Crippen MR) is 114 cm³/mol. The number of thiazole rings is 1. The Labute approximate surface area is 183 Å². The van der Waals surface area contributed by atoms with Gasteiger partial charge >= 0.3 is 0 Å². The van der Waals surface area contributed by atoms with Crippen LogP contribution < -0.4 is 15.4 Å². The molecule has 0 bridgehead atoms. The maximum absolute atomic E-state index is 14.6. The van der Waals surface area contributed by atoms with Gasteiger partial charge in [-0.15, -0.1) is 11.3 Å². The molecule has 0 aliphatic carbocycles. The number of hydrogen-bond donors (Lipinski definition) is 1. The highest BCUT2D eigenvalue weighted by Crippen LogP contribution is 2.36. The average molecular weight is 453 g/mol. The summed E-state index contributed by atoms with van der Waals surface area (Å²) in [5, 5.41) is 2.57. The van der Waals surface area contributed by atoms with Crippen LogP contribution in [-0.4, -0.2) is 68.3 Å². The molecule has 0 saturated carbocycles. The number of piperidine rings is 1. The molecule has 1 aromatic carbocycles. The summed E-state index contributed by atoms with van der Waals surface area (Å²) in [4.78, 5) is 20.9. The minimum absolute atomic E-state index is 0.252. The first kappa shape index (κ1) is 21.9. The Balaban J connectivity index is 1.48. The fourth-order valence-electron chi connectivity index (χ4n) is 3.81. The van der Waals surface area contributed by atoms with Crippen LogP contribution in [0.1, 0.15) is 12.8 Å². The van der Waals surface area contributed by atoms with Crippen molar-refractivity contribution in [1.82, 2.24) is 9.88 Å². The largest absolute Gasteiger partial charge is 0.480 e. The summed E-state index contributed by atoms with van der Waals surface area (Å²) in [6, 6.07) is 2.48. The highest BCUT2D eigenvalue weighted by molar-refractivity contribution is 7.14. The first-order valence-corrected chi connectivity index (χ1v) is 11.3. The van der Waals surface area contributed by atoms with E-state index in [0.29, 0.717) is 50.0 Å². The van der Waals surface area contributed by atoms with Crippen molar-refractivity contribution in [2.24, 2.45) is 11.7 Å². The zero-order valence-electron chi connectivity index (χ0n) is 17.2. The molecule has 2 aliphatic heterocycles. The Morgan fingerprint density at radius 3 is 2.68 bits per heavy atom. The van der Waals surface area contributed by atoms with E-state index in [0.717, 1.165) is 37.1 Å². The van der Waals surface area contributed by atoms with Gasteiger partial charge in [0, 0.05) is 37.1 Å². The first-order valence-electron chi connectivity index (χ1n) is 10.4. The fraction of sp³-hybridized carbons (Fsp3) is 0.524. The summed E-state index contributed by atoms with van der Waals surface area (Å²) in [5.41, 5.74) is 6.50. The SMILES string of the molecule is NCC1CCN(C(=O)COc2c(-c3csc(N4CCOCC4)n3)ccc(F)c2F)CC1. The normalized spacial score (nSPS) is 17.8. The Bertz CT molecular complexity index is 912. The number of aromatic nitrogens is 1. The Morgan fingerprint density at radius 1 is 1.23 bits per heavy atom. The number of morpholine rings is 1. The Hall–Kier alpha value is -2.30. The number of carbonyl (C=O) groups is 1. The fourth-order valence-corrected chi connectivity index (χ4v) is 4.69. The number of rotatable bonds is 6. The molecule has 1 aromatic heterocycles. The molecule has 31 heavy (non-hydrogen) atoms. The van der Waals surface area contributed by atoms with Crippen molar-refractivity contribution in [3.05, 3.63) is 29.1 Å². The lowest BCUT2D eigenvalue weighted by Crippen LogP contribution is -2.42. The van der Waals surface area contributed by atoms with E-state index in [9.17, 15) is 13.6 Å². The number of benzene rings is 1. The molecule has 7 nitrogen and oxygen atoms in total. The first-order chi connectivity index (χ1) is 15.1. The maximum atomic E-state index is 14.6. The van der Waals surface area contributed by atoms with Crippen molar-refractivity contribution in [2.45, 2.75) is 12.8 Å². The highest BCUT2D eigenvalue weighted by atomic mass is 32.1. The summed E-state index contributed by atoms with van der Waals surface area (Å²) in [6.07, 6.45) is 1.68. The van der Waals surface area contributed by atoms with Crippen LogP contribution >= 0.6 is 11.3 Å². The number of amides is 1. The molecule has 0 spiro atoms. The van der Waals surface area contributed by atoms with Crippen LogP contribution in [0, 0.1) is 17.6 Å². The summed E-state index contributed by atoms with van der Waals surface area (Å²) < 4.78 is 39.4. The van der Waals surface area contributed by atoms with Crippen molar-refractivity contribution >= 4 is 22.4 Å². The van der Waals surface area contributed by atoms with Crippen molar-refractivity contribution in [3.63, 3.8) is 0 Å². The minimum Gasteiger partial charge on any atom is -0.480 e. The van der Waals surface area contributed by atoms with E-state index in [1.165, 1.54) is 17.4 Å². The molecule has 2 N–H and O–H groups in total. The van der Waals surface area contributed by atoms with Crippen molar-refractivity contribution in [2.75, 3.05) is 57.4 Å². The van der Waals surface area contributed by atoms with E-state index < -0.39 is 11.6 Å². The summed E-state index contributed by atoms with van der Waals surface area (Å²) in [6.45, 7) is 4.14. The smallest absolute Gasteiger partial charge is 0.260 e. The number of hydrogen-bond acceptors (Lipinski definition) is 7. The van der Waals surface area contributed by atoms with E-state index in [-0.39, 0.29) is 18.3 Å². The number of anilines is 1. The van der Waals surface area contributed by atoms with Gasteiger partial charge in [-0.05, 0) is 37.4 Å². The van der Waals surface area contributed by atoms with E-state index in [4.69, 9.17) is 15.2 Å². The van der Waals surface area contributed by atoms with E-state index in [1.807, 2.05) is 0 Å². The lowest BCUT2D eigenvalue weighted by Gasteiger charge is -2.31. The molecule has 4 rings (SSSR count). The van der Waals surface area contributed by atoms with Gasteiger partial charge in [0.05, 0.1) is 18.9 Å². The number of likely N-dealkylation sites (tertiary alicyclic amines) is 1. The van der Waals surface area contributed by atoms with Gasteiger partial charge < -0.3 is 25.0 Å². The van der Waals surface area contributed by atoms with Crippen molar-refractivity contribution in [1.29, 1.82) is 0 Å². The topological polar surface area (TPSA) is 80.9 Å². The van der Waals surface area contributed by atoms with E-state index in [2.05, 4.69) is 9.88 Å². The van der Waals surface area contributed by atoms with Crippen LogP contribution in [0.15, 0.2) is 17.5 Å². The van der Waals surface area contributed by atoms with Crippen LogP contribution in [0.2, 0.25) is 0 Å². The van der Waals surface area contributed by atoms with Gasteiger partial charge in [0.25, 0.3) is 5.91 Å². The number of carbonyl (C=O) groups excluding carboxylic acids is 1. The molecule has 2 aromatic rings. The van der Waals surface area contributed by atoms with Gasteiger partial charge in [-0.3, -0.25) is 4.79 Å². The molecule has 3 heterocycles. The van der Waals surface area contributed by atoms with Crippen LogP contribution in [0.25, 0.3) is 11.3 Å². The monoisotopic (exact) mass is 452 g/mol. The molecular weight excluding hydrogens is 426 g/mol. The van der Waals surface area contributed by atoms with Crippen LogP contribution in [0.5, 0.6) is 5.75 Å². The van der Waals surface area contributed by atoms with Crippen molar-refractivity contribution < 1.29 is 23.0 Å². The molecule has 2 aliphatic rings. The molecular formula is C21H26F2N4O3S. The number of nitrogens with zero attached hydrogens (tertiary/aromatic N) is 3. The molecule has 0 atom stereocenters. The van der Waals surface area contributed by atoms with Gasteiger partial charge in [-0.25, -0.2) is 9.37 Å². The lowest BCUT2D eigenvalue weighted by molar-refractivity contribution is -0.134. The molecule has 0 radical (unpaired) electrons. The third kappa shape index (κ3) is 4.97. The average Bonchev–Trinajstić information content (AvgIpc) is 3.30. The molecule has 2 fully saturated rings. The second-order valence-corrected chi connectivity index (χ2v) is 8.54. The third-order valence-corrected chi connectivity index (χ3v) is 6.64. The Morgan fingerprint density at radius 2 is 1.97 bits per heavy atom. The number of ether oxygens (including phenoxy) is 2. The highest BCUT2D eigenvalue weighted by Gasteiger charge is 2.25. The van der Waals surface area contributed by atoms with Gasteiger partial charge in [0.2, 0.25) is 5.82 Å². The second kappa shape index (κ2) is 9.88. The Kier molecular flexibility index (Phi) is 6.99. The second-order valence-electron chi connectivity index (χ2n) is 7.70. The summed E-state index contributed by atoms with van der Waals surface area (Å²) in [7, 11) is 0. The maximum Gasteiger partial charge on any atom is 0.260 e. The molecule has 168 valence electrons. The lowest BCUT2D eigenvalue weighted by atomic mass is 9.97. The quantitative estimate of drug-likeness (QED) is 0.726. The van der Waals surface area contributed by atoms with E-state index >= 15 is 0 Å². The van der Waals surface area contributed by atoms with Gasteiger partial charge in [-0.1, -0.05) is 0 Å². The van der Waals surface area contributed by atoms with Crippen LogP contribution in [0.4, 0.5) is 13.9 Å². The third-order valence-electron chi connectivity index (χ3n) is 5.74. The van der Waals surface area contributed by atoms with Crippen LogP contribution in [-0.2, 0) is 9.53 Å². The minimum atomic E-state index is -1.12. The van der Waals surface area contributed by atoms with Gasteiger partial charge in [-0.2, -0.15) is 4.39 Å².